The van der Waals surface area contributed by atoms with Crippen molar-refractivity contribution >= 4 is 48.0 Å². The molecule has 1 aromatic carbocycles. The van der Waals surface area contributed by atoms with Crippen molar-refractivity contribution in [2.75, 3.05) is 13.1 Å². The van der Waals surface area contributed by atoms with Crippen molar-refractivity contribution in [2.45, 2.75) is 147 Å². The van der Waals surface area contributed by atoms with E-state index < -0.39 is 78.6 Å². The minimum absolute atomic E-state index is 0.00808. The lowest BCUT2D eigenvalue weighted by Gasteiger charge is -2.64. The molecule has 17 nitrogen and oxygen atoms in total. The molecule has 1 saturated heterocycles. The molecule has 3 saturated carbocycles. The van der Waals surface area contributed by atoms with Crippen molar-refractivity contribution in [3.8, 4) is 10.6 Å². The third kappa shape index (κ3) is 11.4. The summed E-state index contributed by atoms with van der Waals surface area (Å²) in [5.41, 5.74) is 19.5. The molecular weight excluding hydrogens is 801 g/mol. The lowest BCUT2D eigenvalue weighted by atomic mass is 9.43. The first-order valence-electron chi connectivity index (χ1n) is 21.7. The number of carbonyl (C=O) groups excluding carboxylic acids is 5. The van der Waals surface area contributed by atoms with Crippen LogP contribution in [0, 0.1) is 17.3 Å². The first kappa shape index (κ1) is 48.1. The Morgan fingerprint density at radius 2 is 1.57 bits per heavy atom. The number of thiazole rings is 1. The molecule has 61 heavy (non-hydrogen) atoms. The highest BCUT2D eigenvalue weighted by atomic mass is 32.1. The molecule has 3 aliphatic carbocycles. The summed E-state index contributed by atoms with van der Waals surface area (Å²) in [7, 11) is -0.676. The molecule has 4 fully saturated rings. The summed E-state index contributed by atoms with van der Waals surface area (Å²) >= 11 is 1.29. The van der Waals surface area contributed by atoms with Crippen LogP contribution >= 0.6 is 11.3 Å². The Morgan fingerprint density at radius 3 is 2.21 bits per heavy atom. The predicted octanol–water partition coefficient (Wildman–Crippen LogP) is 1.25. The maximum absolute atomic E-state index is 13.6. The van der Waals surface area contributed by atoms with Crippen LogP contribution in [0.1, 0.15) is 109 Å². The second-order valence-corrected chi connectivity index (χ2v) is 18.5. The quantitative estimate of drug-likeness (QED) is 0.0460. The van der Waals surface area contributed by atoms with Crippen molar-refractivity contribution in [2.24, 2.45) is 34.5 Å². The zero-order valence-electron chi connectivity index (χ0n) is 36.3. The molecule has 336 valence electrons. The van der Waals surface area contributed by atoms with Gasteiger partial charge in [-0.2, -0.15) is 0 Å². The van der Waals surface area contributed by atoms with Gasteiger partial charge in [0, 0.05) is 10.9 Å². The number of nitrogens with two attached hydrogens (primary N) is 3. The van der Waals surface area contributed by atoms with Crippen LogP contribution in [-0.4, -0.2) is 108 Å². The fourth-order valence-corrected chi connectivity index (χ4v) is 9.68. The summed E-state index contributed by atoms with van der Waals surface area (Å²) in [6, 6.07) is 4.20. The van der Waals surface area contributed by atoms with Gasteiger partial charge in [0.15, 0.2) is 6.17 Å². The van der Waals surface area contributed by atoms with Crippen LogP contribution in [0.15, 0.2) is 29.6 Å². The minimum atomic E-state index is -1.67. The molecule has 5 amide bonds. The first-order chi connectivity index (χ1) is 28.9. The zero-order chi connectivity index (χ0) is 44.6. The van der Waals surface area contributed by atoms with Gasteiger partial charge in [-0.1, -0.05) is 51.5 Å². The number of rotatable bonds is 22. The molecule has 2 bridgehead atoms. The summed E-state index contributed by atoms with van der Waals surface area (Å²) in [5.74, 6) is -3.39. The van der Waals surface area contributed by atoms with Gasteiger partial charge in [0.2, 0.25) is 17.7 Å². The fraction of sp³-hybridized carbons (Fsp3) is 0.667. The number of aromatic nitrogens is 1. The smallest absolute Gasteiger partial charge is 0.404 e. The number of amides is 5. The Labute approximate surface area is 363 Å². The van der Waals surface area contributed by atoms with Crippen LogP contribution in [0.4, 0.5) is 0 Å². The van der Waals surface area contributed by atoms with Crippen molar-refractivity contribution in [1.82, 2.24) is 31.6 Å². The highest BCUT2D eigenvalue weighted by Crippen LogP contribution is 2.65. The van der Waals surface area contributed by atoms with E-state index in [4.69, 9.17) is 26.5 Å². The summed E-state index contributed by atoms with van der Waals surface area (Å²) in [6.45, 7) is 12.2. The molecule has 19 heteroatoms. The van der Waals surface area contributed by atoms with Crippen LogP contribution in [0.3, 0.4) is 0 Å². The Kier molecular flexibility index (Phi) is 16.5. The molecule has 1 aromatic heterocycles. The van der Waals surface area contributed by atoms with E-state index in [0.717, 1.165) is 37.7 Å². The number of nitrogens with one attached hydrogen (secondary N) is 5. The SMILES string of the molecule is CCCCc1ccc(-c2nc(C(=O)NC(CCN)C(=O)NC(C(=O)NC(N)C(=O)NC(CCCCN)C(=O)NC(C)B3OC4CC5CC(C5(C)C)C4(C)O3)C(C)O)cs2)cc1. The fourth-order valence-electron chi connectivity index (χ4n) is 8.87. The van der Waals surface area contributed by atoms with Crippen LogP contribution in [0.25, 0.3) is 10.6 Å². The number of nitrogens with zero attached hydrogens (tertiary/aromatic N) is 1. The van der Waals surface area contributed by atoms with E-state index in [-0.39, 0.29) is 36.6 Å². The third-order valence-electron chi connectivity index (χ3n) is 12.8. The van der Waals surface area contributed by atoms with Crippen LogP contribution < -0.4 is 43.8 Å². The van der Waals surface area contributed by atoms with Crippen molar-refractivity contribution < 1.29 is 38.4 Å². The van der Waals surface area contributed by atoms with Crippen LogP contribution in [0.5, 0.6) is 0 Å². The average molecular weight is 868 g/mol. The molecule has 4 aliphatic rings. The molecule has 2 heterocycles. The highest BCUT2D eigenvalue weighted by molar-refractivity contribution is 7.13. The summed E-state index contributed by atoms with van der Waals surface area (Å²) < 4.78 is 12.9. The molecule has 0 radical (unpaired) electrons. The van der Waals surface area contributed by atoms with E-state index in [1.807, 2.05) is 24.3 Å². The minimum Gasteiger partial charge on any atom is -0.404 e. The zero-order valence-corrected chi connectivity index (χ0v) is 37.1. The molecule has 10 atom stereocenters. The van der Waals surface area contributed by atoms with Crippen LogP contribution in [-0.2, 0) is 34.9 Å². The number of hydrogen-bond donors (Lipinski definition) is 9. The van der Waals surface area contributed by atoms with Gasteiger partial charge in [0.05, 0.1) is 23.8 Å². The molecule has 12 N–H and O–H groups in total. The Balaban J connectivity index is 1.15. The number of aliphatic hydroxyl groups excluding tert-OH is 1. The van der Waals surface area contributed by atoms with Gasteiger partial charge < -0.3 is 58.2 Å². The van der Waals surface area contributed by atoms with E-state index in [1.54, 1.807) is 12.3 Å². The van der Waals surface area contributed by atoms with E-state index in [1.165, 1.54) is 23.8 Å². The van der Waals surface area contributed by atoms with Gasteiger partial charge in [0.25, 0.3) is 11.8 Å². The normalized spacial score (nSPS) is 24.2. The molecular formula is C42H66BN9O8S. The predicted molar refractivity (Wildman–Crippen MR) is 233 cm³/mol. The maximum atomic E-state index is 13.6. The van der Waals surface area contributed by atoms with Crippen molar-refractivity contribution in [3.63, 3.8) is 0 Å². The van der Waals surface area contributed by atoms with Crippen LogP contribution in [0.2, 0.25) is 0 Å². The first-order valence-corrected chi connectivity index (χ1v) is 22.6. The number of benzene rings is 1. The lowest BCUT2D eigenvalue weighted by molar-refractivity contribution is -0.199. The Bertz CT molecular complexity index is 1850. The standard InChI is InChI=1S/C42H66BN9O8S/c1-7-8-11-25-13-15-26(16-14-25)40-50-30(22-61-40)37(56)48-29(17-19-45)36(55)51-33(23(2)53)38(57)52-34(46)39(58)49-28(12-9-10-18-44)35(54)47-24(3)43-59-32-21-27-20-31(41(27,4)5)42(32,6)60-43/h13-16,22-24,27-29,31-34,53H,7-12,17-21,44-46H2,1-6H3,(H,47,54)(H,48,56)(H,49,58)(H,51,55)(H,52,57). The van der Waals surface area contributed by atoms with Gasteiger partial charge in [-0.05, 0) is 108 Å². The lowest BCUT2D eigenvalue weighted by Crippen LogP contribution is -2.65. The van der Waals surface area contributed by atoms with Crippen molar-refractivity contribution in [3.05, 3.63) is 40.9 Å². The summed E-state index contributed by atoms with van der Waals surface area (Å²) in [4.78, 5) is 71.6. The topological polar surface area (TPSA) is 275 Å². The van der Waals surface area contributed by atoms with E-state index in [9.17, 15) is 29.1 Å². The second kappa shape index (κ2) is 20.9. The van der Waals surface area contributed by atoms with E-state index in [0.29, 0.717) is 36.2 Å². The molecule has 10 unspecified atom stereocenters. The number of hydrogen-bond acceptors (Lipinski definition) is 13. The van der Waals surface area contributed by atoms with Gasteiger partial charge in [-0.15, -0.1) is 11.3 Å². The summed E-state index contributed by atoms with van der Waals surface area (Å²) in [6.07, 6.45) is 3.35. The number of aryl methyl sites for hydroxylation is 1. The van der Waals surface area contributed by atoms with Gasteiger partial charge in [-0.25, -0.2) is 4.98 Å². The highest BCUT2D eigenvalue weighted by Gasteiger charge is 2.68. The van der Waals surface area contributed by atoms with E-state index in [2.05, 4.69) is 59.3 Å². The largest absolute Gasteiger partial charge is 0.481 e. The maximum Gasteiger partial charge on any atom is 0.481 e. The molecule has 1 aliphatic heterocycles. The van der Waals surface area contributed by atoms with Gasteiger partial charge in [0.1, 0.15) is 28.8 Å². The monoisotopic (exact) mass is 867 g/mol. The molecule has 0 spiro atoms. The Hall–Kier alpha value is -3.98. The van der Waals surface area contributed by atoms with Crippen molar-refractivity contribution in [1.29, 1.82) is 0 Å². The number of carbonyl (C=O) groups is 5. The second-order valence-electron chi connectivity index (χ2n) is 17.6. The molecule has 2 aromatic rings. The third-order valence-corrected chi connectivity index (χ3v) is 13.7. The average Bonchev–Trinajstić information content (AvgIpc) is 3.86. The Morgan fingerprint density at radius 1 is 0.885 bits per heavy atom. The number of unbranched alkanes of at least 4 members (excludes halogenated alkanes) is 2. The summed E-state index contributed by atoms with van der Waals surface area (Å²) in [5, 5.41) is 25.7. The number of aliphatic hydroxyl groups is 1. The van der Waals surface area contributed by atoms with Gasteiger partial charge >= 0.3 is 7.12 Å². The van der Waals surface area contributed by atoms with E-state index >= 15 is 0 Å². The molecule has 6 rings (SSSR count). The van der Waals surface area contributed by atoms with Gasteiger partial charge in [-0.3, -0.25) is 24.0 Å².